The molecule has 0 aliphatic carbocycles. The van der Waals surface area contributed by atoms with Gasteiger partial charge in [-0.05, 0) is 19.4 Å². The topological polar surface area (TPSA) is 50.4 Å². The van der Waals surface area contributed by atoms with E-state index in [9.17, 15) is 4.79 Å². The Morgan fingerprint density at radius 2 is 2.11 bits per heavy atom. The Hall–Kier alpha value is -1.81. The largest absolute Gasteiger partial charge is 0.463 e. The number of hydrogen-bond donors (Lipinski definition) is 2. The molecular weight excluding hydrogens is 228 g/mol. The molecule has 0 fully saturated rings. The van der Waals surface area contributed by atoms with E-state index in [-0.39, 0.29) is 12.0 Å². The number of allylic oxidation sites excluding steroid dienone is 1. The molecule has 1 aliphatic heterocycles. The molecule has 2 N–H and O–H groups in total. The van der Waals surface area contributed by atoms with Gasteiger partial charge in [0.25, 0.3) is 0 Å². The summed E-state index contributed by atoms with van der Waals surface area (Å²) in [5.41, 5.74) is 2.61. The highest BCUT2D eigenvalue weighted by molar-refractivity contribution is 5.91. The van der Waals surface area contributed by atoms with E-state index < -0.39 is 0 Å². The van der Waals surface area contributed by atoms with Crippen LogP contribution >= 0.6 is 0 Å². The highest BCUT2D eigenvalue weighted by Gasteiger charge is 2.28. The summed E-state index contributed by atoms with van der Waals surface area (Å²) in [6.45, 7) is 4.75. The lowest BCUT2D eigenvalue weighted by atomic mass is 9.96. The van der Waals surface area contributed by atoms with Crippen molar-refractivity contribution in [3.8, 4) is 0 Å². The van der Waals surface area contributed by atoms with E-state index >= 15 is 0 Å². The summed E-state index contributed by atoms with van der Waals surface area (Å²) in [5.74, 6) is -0.261. The Bertz CT molecular complexity index is 454. The molecule has 0 saturated carbocycles. The van der Waals surface area contributed by atoms with Gasteiger partial charge in [0.15, 0.2) is 0 Å². The smallest absolute Gasteiger partial charge is 0.337 e. The van der Waals surface area contributed by atoms with Crippen molar-refractivity contribution in [1.29, 1.82) is 0 Å². The van der Waals surface area contributed by atoms with Crippen LogP contribution in [0.1, 0.15) is 25.5 Å². The standard InChI is InChI=1S/C14H18N2O2/c1-3-18-14(17)12-10(2)15-9-16-13(12)11-7-5-4-6-8-11/h4-8,13,15-16H,3,9H2,1-2H3. The Balaban J connectivity index is 2.34. The van der Waals surface area contributed by atoms with E-state index in [1.54, 1.807) is 0 Å². The fourth-order valence-corrected chi connectivity index (χ4v) is 2.11. The third-order valence-corrected chi connectivity index (χ3v) is 2.98. The number of carbonyl (C=O) groups is 1. The number of carbonyl (C=O) groups excluding carboxylic acids is 1. The molecule has 18 heavy (non-hydrogen) atoms. The zero-order valence-corrected chi connectivity index (χ0v) is 10.7. The lowest BCUT2D eigenvalue weighted by Crippen LogP contribution is -2.41. The molecule has 0 aromatic heterocycles. The zero-order valence-electron chi connectivity index (χ0n) is 10.7. The minimum Gasteiger partial charge on any atom is -0.463 e. The fourth-order valence-electron chi connectivity index (χ4n) is 2.11. The summed E-state index contributed by atoms with van der Waals surface area (Å²) in [4.78, 5) is 12.0. The van der Waals surface area contributed by atoms with Crippen molar-refractivity contribution in [3.05, 3.63) is 47.2 Å². The summed E-state index contributed by atoms with van der Waals surface area (Å²) >= 11 is 0. The molecule has 0 spiro atoms. The minimum atomic E-state index is -0.261. The molecule has 1 aromatic carbocycles. The molecule has 0 radical (unpaired) electrons. The first-order valence-corrected chi connectivity index (χ1v) is 6.14. The van der Waals surface area contributed by atoms with Crippen LogP contribution in [-0.2, 0) is 9.53 Å². The lowest BCUT2D eigenvalue weighted by Gasteiger charge is -2.28. The van der Waals surface area contributed by atoms with Crippen molar-refractivity contribution in [1.82, 2.24) is 10.6 Å². The third kappa shape index (κ3) is 2.54. The summed E-state index contributed by atoms with van der Waals surface area (Å²) in [5, 5.41) is 6.42. The molecule has 96 valence electrons. The van der Waals surface area contributed by atoms with Crippen molar-refractivity contribution in [3.63, 3.8) is 0 Å². The van der Waals surface area contributed by atoms with Crippen LogP contribution in [-0.4, -0.2) is 19.2 Å². The van der Waals surface area contributed by atoms with Gasteiger partial charge in [-0.15, -0.1) is 0 Å². The molecule has 1 aliphatic rings. The van der Waals surface area contributed by atoms with E-state index in [1.165, 1.54) is 0 Å². The van der Waals surface area contributed by atoms with Gasteiger partial charge in [-0.2, -0.15) is 0 Å². The number of nitrogens with one attached hydrogen (secondary N) is 2. The maximum atomic E-state index is 12.0. The average Bonchev–Trinajstić information content (AvgIpc) is 2.39. The maximum Gasteiger partial charge on any atom is 0.337 e. The van der Waals surface area contributed by atoms with Gasteiger partial charge in [-0.1, -0.05) is 30.3 Å². The molecule has 0 amide bonds. The van der Waals surface area contributed by atoms with Crippen LogP contribution in [0.15, 0.2) is 41.6 Å². The Kier molecular flexibility index (Phi) is 3.99. The molecule has 0 saturated heterocycles. The number of rotatable bonds is 3. The van der Waals surface area contributed by atoms with Gasteiger partial charge in [0.2, 0.25) is 0 Å². The van der Waals surface area contributed by atoms with E-state index in [2.05, 4.69) is 10.6 Å². The van der Waals surface area contributed by atoms with Gasteiger partial charge in [-0.25, -0.2) is 4.79 Å². The van der Waals surface area contributed by atoms with Gasteiger partial charge in [0, 0.05) is 5.70 Å². The van der Waals surface area contributed by atoms with Gasteiger partial charge < -0.3 is 10.1 Å². The number of hydrogen-bond acceptors (Lipinski definition) is 4. The summed E-state index contributed by atoms with van der Waals surface area (Å²) in [6.07, 6.45) is 0. The number of benzene rings is 1. The first kappa shape index (κ1) is 12.6. The van der Waals surface area contributed by atoms with Crippen LogP contribution < -0.4 is 10.6 Å². The molecule has 0 bridgehead atoms. The average molecular weight is 246 g/mol. The van der Waals surface area contributed by atoms with Crippen molar-refractivity contribution in [2.75, 3.05) is 13.3 Å². The first-order chi connectivity index (χ1) is 8.74. The van der Waals surface area contributed by atoms with Crippen molar-refractivity contribution >= 4 is 5.97 Å². The predicted molar refractivity (Wildman–Crippen MR) is 69.7 cm³/mol. The first-order valence-electron chi connectivity index (χ1n) is 6.14. The van der Waals surface area contributed by atoms with Crippen molar-refractivity contribution < 1.29 is 9.53 Å². The predicted octanol–water partition coefficient (Wildman–Crippen LogP) is 1.72. The van der Waals surface area contributed by atoms with E-state index in [1.807, 2.05) is 44.2 Å². The quantitative estimate of drug-likeness (QED) is 0.797. The monoisotopic (exact) mass is 246 g/mol. The van der Waals surface area contributed by atoms with Gasteiger partial charge in [-0.3, -0.25) is 5.32 Å². The maximum absolute atomic E-state index is 12.0. The zero-order chi connectivity index (χ0) is 13.0. The number of esters is 1. The highest BCUT2D eigenvalue weighted by Crippen LogP contribution is 2.26. The van der Waals surface area contributed by atoms with Crippen LogP contribution in [0.3, 0.4) is 0 Å². The van der Waals surface area contributed by atoms with Crippen LogP contribution in [0.5, 0.6) is 0 Å². The second-order valence-electron chi connectivity index (χ2n) is 4.16. The normalized spacial score (nSPS) is 19.3. The van der Waals surface area contributed by atoms with Crippen LogP contribution in [0, 0.1) is 0 Å². The van der Waals surface area contributed by atoms with Crippen molar-refractivity contribution in [2.24, 2.45) is 0 Å². The molecule has 1 unspecified atom stereocenters. The summed E-state index contributed by atoms with van der Waals surface area (Å²) in [6, 6.07) is 9.82. The number of ether oxygens (including phenoxy) is 1. The van der Waals surface area contributed by atoms with E-state index in [4.69, 9.17) is 4.74 Å². The van der Waals surface area contributed by atoms with Crippen molar-refractivity contribution in [2.45, 2.75) is 19.9 Å². The third-order valence-electron chi connectivity index (χ3n) is 2.98. The molecule has 1 heterocycles. The van der Waals surface area contributed by atoms with Crippen LogP contribution in [0.25, 0.3) is 0 Å². The molecular formula is C14H18N2O2. The van der Waals surface area contributed by atoms with Gasteiger partial charge >= 0.3 is 5.97 Å². The SMILES string of the molecule is CCOC(=O)C1=C(C)NCNC1c1ccccc1. The summed E-state index contributed by atoms with van der Waals surface area (Å²) < 4.78 is 5.13. The van der Waals surface area contributed by atoms with Crippen LogP contribution in [0.4, 0.5) is 0 Å². The molecule has 1 atom stereocenters. The second-order valence-corrected chi connectivity index (χ2v) is 4.16. The van der Waals surface area contributed by atoms with E-state index in [0.29, 0.717) is 18.8 Å². The van der Waals surface area contributed by atoms with Gasteiger partial charge in [0.1, 0.15) is 0 Å². The minimum absolute atomic E-state index is 0.105. The fraction of sp³-hybridized carbons (Fsp3) is 0.357. The molecule has 4 heteroatoms. The molecule has 2 rings (SSSR count). The van der Waals surface area contributed by atoms with Gasteiger partial charge in [0.05, 0.1) is 24.9 Å². The van der Waals surface area contributed by atoms with E-state index in [0.717, 1.165) is 11.3 Å². The van der Waals surface area contributed by atoms with Crippen LogP contribution in [0.2, 0.25) is 0 Å². The lowest BCUT2D eigenvalue weighted by molar-refractivity contribution is -0.139. The Morgan fingerprint density at radius 3 is 2.78 bits per heavy atom. The highest BCUT2D eigenvalue weighted by atomic mass is 16.5. The summed E-state index contributed by atoms with van der Waals surface area (Å²) in [7, 11) is 0. The Morgan fingerprint density at radius 1 is 1.39 bits per heavy atom. The Labute approximate surface area is 107 Å². The second kappa shape index (κ2) is 5.69. The molecule has 1 aromatic rings. The molecule has 4 nitrogen and oxygen atoms in total.